The third-order valence-electron chi connectivity index (χ3n) is 0.498. The van der Waals surface area contributed by atoms with Crippen LogP contribution in [0.1, 0.15) is 20.8 Å². The summed E-state index contributed by atoms with van der Waals surface area (Å²) in [6, 6.07) is 0. The van der Waals surface area contributed by atoms with E-state index in [1.807, 2.05) is 6.92 Å². The van der Waals surface area contributed by atoms with Crippen molar-refractivity contribution in [1.82, 2.24) is 0 Å². The van der Waals surface area contributed by atoms with Crippen LogP contribution in [0.15, 0.2) is 0 Å². The molecule has 0 atom stereocenters. The minimum absolute atomic E-state index is 0.533. The number of hydrogen-bond donors (Lipinski definition) is 1. The minimum Gasteiger partial charge on any atom is -0.380 e. The summed E-state index contributed by atoms with van der Waals surface area (Å²) >= 11 is 1.54. The van der Waals surface area contributed by atoms with Gasteiger partial charge >= 0.3 is 0 Å². The molecule has 2 heteroatoms. The molecule has 0 aromatic heterocycles. The molecule has 0 aliphatic carbocycles. The van der Waals surface area contributed by atoms with E-state index in [1.54, 1.807) is 25.6 Å². The Morgan fingerprint density at radius 3 is 2.00 bits per heavy atom. The Kier molecular flexibility index (Phi) is 2.69. The van der Waals surface area contributed by atoms with E-state index in [1.165, 1.54) is 0 Å². The number of aliphatic hydroxyl groups is 1. The molecule has 0 saturated carbocycles. The van der Waals surface area contributed by atoms with Crippen LogP contribution in [0.4, 0.5) is 0 Å². The van der Waals surface area contributed by atoms with Crippen LogP contribution in [0.3, 0.4) is 0 Å². The Morgan fingerprint density at radius 2 is 2.00 bits per heavy atom. The van der Waals surface area contributed by atoms with Gasteiger partial charge in [-0.1, -0.05) is 6.92 Å². The van der Waals surface area contributed by atoms with E-state index in [0.717, 1.165) is 5.75 Å². The van der Waals surface area contributed by atoms with Crippen LogP contribution in [0.5, 0.6) is 0 Å². The predicted octanol–water partition coefficient (Wildman–Crippen LogP) is 1.47. The average Bonchev–Trinajstić information content (AvgIpc) is 1.30. The Bertz CT molecular complexity index is 46.5. The second kappa shape index (κ2) is 2.58. The van der Waals surface area contributed by atoms with Crippen LogP contribution in [-0.4, -0.2) is 15.8 Å². The van der Waals surface area contributed by atoms with Crippen LogP contribution >= 0.6 is 11.8 Å². The Hall–Kier alpha value is 0.310. The van der Waals surface area contributed by atoms with Gasteiger partial charge in [-0.25, -0.2) is 0 Å². The zero-order valence-corrected chi connectivity index (χ0v) is 5.88. The predicted molar refractivity (Wildman–Crippen MR) is 34.4 cm³/mol. The van der Waals surface area contributed by atoms with Gasteiger partial charge in [0.15, 0.2) is 0 Å². The van der Waals surface area contributed by atoms with E-state index >= 15 is 0 Å². The molecule has 44 valence electrons. The first-order valence-electron chi connectivity index (χ1n) is 2.42. The summed E-state index contributed by atoms with van der Waals surface area (Å²) < 4.78 is 0. The molecule has 1 N–H and O–H groups in total. The summed E-state index contributed by atoms with van der Waals surface area (Å²) in [5.74, 6) is 0.976. The normalized spacial score (nSPS) is 12.0. The summed E-state index contributed by atoms with van der Waals surface area (Å²) in [4.78, 5) is -0.533. The minimum atomic E-state index is -0.533. The number of hydrogen-bond acceptors (Lipinski definition) is 2. The fourth-order valence-electron chi connectivity index (χ4n) is 0.353. The molecule has 1 nitrogen and oxygen atoms in total. The SMILES string of the molecule is CCSC(C)(C)O. The van der Waals surface area contributed by atoms with Gasteiger partial charge < -0.3 is 5.11 Å². The van der Waals surface area contributed by atoms with Crippen LogP contribution in [0.25, 0.3) is 0 Å². The van der Waals surface area contributed by atoms with E-state index in [9.17, 15) is 0 Å². The molecule has 0 unspecified atom stereocenters. The standard InChI is InChI=1S/C5H12OS/c1-4-7-5(2,3)6/h6H,4H2,1-3H3. The first-order chi connectivity index (χ1) is 3.06. The van der Waals surface area contributed by atoms with Crippen LogP contribution in [-0.2, 0) is 0 Å². The van der Waals surface area contributed by atoms with Crippen LogP contribution in [0, 0.1) is 0 Å². The van der Waals surface area contributed by atoms with Crippen molar-refractivity contribution in [2.24, 2.45) is 0 Å². The third-order valence-corrected chi connectivity index (χ3v) is 1.49. The van der Waals surface area contributed by atoms with Gasteiger partial charge in [-0.15, -0.1) is 11.8 Å². The molecule has 0 aliphatic rings. The molecule has 0 bridgehead atoms. The zero-order valence-electron chi connectivity index (χ0n) is 5.06. The van der Waals surface area contributed by atoms with E-state index in [-0.39, 0.29) is 0 Å². The lowest BCUT2D eigenvalue weighted by atomic mass is 10.5. The Balaban J connectivity index is 3.15. The molecule has 0 radical (unpaired) electrons. The molecule has 0 heterocycles. The Morgan fingerprint density at radius 1 is 1.57 bits per heavy atom. The van der Waals surface area contributed by atoms with Gasteiger partial charge in [0.05, 0.1) is 0 Å². The smallest absolute Gasteiger partial charge is 0.104 e. The lowest BCUT2D eigenvalue weighted by Gasteiger charge is -2.13. The largest absolute Gasteiger partial charge is 0.380 e. The maximum atomic E-state index is 8.98. The first-order valence-corrected chi connectivity index (χ1v) is 3.41. The van der Waals surface area contributed by atoms with Crippen molar-refractivity contribution in [2.45, 2.75) is 25.7 Å². The van der Waals surface area contributed by atoms with E-state index in [2.05, 4.69) is 0 Å². The highest BCUT2D eigenvalue weighted by Crippen LogP contribution is 2.18. The number of thioether (sulfide) groups is 1. The van der Waals surface area contributed by atoms with Crippen LogP contribution < -0.4 is 0 Å². The summed E-state index contributed by atoms with van der Waals surface area (Å²) in [6.07, 6.45) is 0. The molecule has 0 fully saturated rings. The van der Waals surface area contributed by atoms with Crippen molar-refractivity contribution in [3.8, 4) is 0 Å². The summed E-state index contributed by atoms with van der Waals surface area (Å²) in [6.45, 7) is 5.62. The van der Waals surface area contributed by atoms with Crippen molar-refractivity contribution in [1.29, 1.82) is 0 Å². The van der Waals surface area contributed by atoms with Gasteiger partial charge in [-0.3, -0.25) is 0 Å². The average molecular weight is 120 g/mol. The maximum absolute atomic E-state index is 8.98. The summed E-state index contributed by atoms with van der Waals surface area (Å²) in [7, 11) is 0. The fourth-order valence-corrected chi connectivity index (χ4v) is 1.06. The summed E-state index contributed by atoms with van der Waals surface area (Å²) in [5.41, 5.74) is 0. The second-order valence-electron chi connectivity index (χ2n) is 1.88. The number of rotatable bonds is 2. The lowest BCUT2D eigenvalue weighted by Crippen LogP contribution is -2.12. The van der Waals surface area contributed by atoms with E-state index in [4.69, 9.17) is 5.11 Å². The lowest BCUT2D eigenvalue weighted by molar-refractivity contribution is 0.179. The fraction of sp³-hybridized carbons (Fsp3) is 1.00. The molecule has 0 spiro atoms. The van der Waals surface area contributed by atoms with Gasteiger partial charge in [-0.2, -0.15) is 0 Å². The van der Waals surface area contributed by atoms with Crippen molar-refractivity contribution in [3.63, 3.8) is 0 Å². The quantitative estimate of drug-likeness (QED) is 0.557. The van der Waals surface area contributed by atoms with Gasteiger partial charge in [0.2, 0.25) is 0 Å². The van der Waals surface area contributed by atoms with Crippen molar-refractivity contribution < 1.29 is 5.11 Å². The third kappa shape index (κ3) is 6.31. The second-order valence-corrected chi connectivity index (χ2v) is 3.74. The molecule has 0 aromatic rings. The van der Waals surface area contributed by atoms with E-state index < -0.39 is 4.93 Å². The van der Waals surface area contributed by atoms with Gasteiger partial charge in [0.1, 0.15) is 4.93 Å². The molecule has 0 amide bonds. The zero-order chi connectivity index (χ0) is 5.91. The molecular weight excluding hydrogens is 108 g/mol. The maximum Gasteiger partial charge on any atom is 0.104 e. The van der Waals surface area contributed by atoms with Crippen LogP contribution in [0.2, 0.25) is 0 Å². The molecule has 0 aromatic carbocycles. The molecule has 0 saturated heterocycles. The Labute approximate surface area is 49.1 Å². The molecule has 0 aliphatic heterocycles. The van der Waals surface area contributed by atoms with Crippen molar-refractivity contribution in [3.05, 3.63) is 0 Å². The van der Waals surface area contributed by atoms with Crippen molar-refractivity contribution in [2.75, 3.05) is 5.75 Å². The van der Waals surface area contributed by atoms with Crippen molar-refractivity contribution >= 4 is 11.8 Å². The highest BCUT2D eigenvalue weighted by atomic mass is 32.2. The highest BCUT2D eigenvalue weighted by molar-refractivity contribution is 8.00. The molecular formula is C5H12OS. The van der Waals surface area contributed by atoms with Gasteiger partial charge in [0, 0.05) is 0 Å². The summed E-state index contributed by atoms with van der Waals surface area (Å²) in [5, 5.41) is 8.98. The van der Waals surface area contributed by atoms with Gasteiger partial charge in [0.25, 0.3) is 0 Å². The highest BCUT2D eigenvalue weighted by Gasteiger charge is 2.09. The topological polar surface area (TPSA) is 20.2 Å². The molecule has 0 rings (SSSR count). The monoisotopic (exact) mass is 120 g/mol. The first kappa shape index (κ1) is 7.31. The van der Waals surface area contributed by atoms with Gasteiger partial charge in [-0.05, 0) is 19.6 Å². The van der Waals surface area contributed by atoms with E-state index in [0.29, 0.717) is 0 Å². The molecule has 7 heavy (non-hydrogen) atoms.